The average molecular weight is 436 g/mol. The third kappa shape index (κ3) is 7.11. The maximum absolute atomic E-state index is 12.4. The van der Waals surface area contributed by atoms with E-state index in [0.29, 0.717) is 13.0 Å². The zero-order valence-electron chi connectivity index (χ0n) is 19.6. The van der Waals surface area contributed by atoms with Crippen molar-refractivity contribution in [2.75, 3.05) is 13.7 Å². The molecule has 3 aromatic rings. The third-order valence-electron chi connectivity index (χ3n) is 5.91. The molecule has 0 bridgehead atoms. The van der Waals surface area contributed by atoms with Crippen molar-refractivity contribution in [2.45, 2.75) is 71.3 Å². The molecule has 0 atom stereocenters. The summed E-state index contributed by atoms with van der Waals surface area (Å²) in [7, 11) is 1.64. The zero-order valence-corrected chi connectivity index (χ0v) is 19.6. The Balaban J connectivity index is 1.50. The van der Waals surface area contributed by atoms with E-state index >= 15 is 0 Å². The predicted octanol–water partition coefficient (Wildman–Crippen LogP) is 5.70. The summed E-state index contributed by atoms with van der Waals surface area (Å²) in [5, 5.41) is 3.05. The van der Waals surface area contributed by atoms with Gasteiger partial charge in [0.05, 0.1) is 24.6 Å². The van der Waals surface area contributed by atoms with Crippen LogP contribution in [0.3, 0.4) is 0 Å². The lowest BCUT2D eigenvalue weighted by Crippen LogP contribution is -2.28. The van der Waals surface area contributed by atoms with Crippen LogP contribution in [0.1, 0.15) is 63.3 Å². The van der Waals surface area contributed by atoms with Gasteiger partial charge in [0, 0.05) is 19.5 Å². The summed E-state index contributed by atoms with van der Waals surface area (Å²) in [6.07, 6.45) is 10.2. The fourth-order valence-electron chi connectivity index (χ4n) is 4.10. The molecule has 3 rings (SSSR count). The Morgan fingerprint density at radius 1 is 0.969 bits per heavy atom. The molecule has 1 aromatic heterocycles. The van der Waals surface area contributed by atoms with E-state index in [1.807, 2.05) is 30.3 Å². The zero-order chi connectivity index (χ0) is 22.6. The van der Waals surface area contributed by atoms with E-state index in [-0.39, 0.29) is 5.91 Å². The summed E-state index contributed by atoms with van der Waals surface area (Å²) >= 11 is 0. The molecule has 5 nitrogen and oxygen atoms in total. The molecule has 1 N–H and O–H groups in total. The van der Waals surface area contributed by atoms with Crippen LogP contribution >= 0.6 is 0 Å². The molecule has 5 heteroatoms. The average Bonchev–Trinajstić information content (AvgIpc) is 3.16. The number of unbranched alkanes of at least 4 members (excludes halogenated alkanes) is 6. The second-order valence-electron chi connectivity index (χ2n) is 8.41. The van der Waals surface area contributed by atoms with E-state index in [1.54, 1.807) is 7.11 Å². The van der Waals surface area contributed by atoms with Gasteiger partial charge < -0.3 is 14.6 Å². The highest BCUT2D eigenvalue weighted by Gasteiger charge is 2.11. The maximum Gasteiger partial charge on any atom is 0.224 e. The second-order valence-corrected chi connectivity index (χ2v) is 8.41. The third-order valence-corrected chi connectivity index (χ3v) is 5.91. The molecule has 0 saturated heterocycles. The normalized spacial score (nSPS) is 11.1. The predicted molar refractivity (Wildman–Crippen MR) is 131 cm³/mol. The van der Waals surface area contributed by atoms with Crippen LogP contribution in [-0.4, -0.2) is 29.1 Å². The minimum atomic E-state index is 0.0323. The van der Waals surface area contributed by atoms with Crippen LogP contribution in [-0.2, 0) is 24.2 Å². The number of fused-ring (bicyclic) bond motifs is 1. The van der Waals surface area contributed by atoms with Gasteiger partial charge in [-0.15, -0.1) is 0 Å². The molecule has 0 aliphatic rings. The van der Waals surface area contributed by atoms with Crippen LogP contribution < -0.4 is 10.1 Å². The number of carbonyl (C=O) groups excluding carboxylic acids is 1. The number of hydrogen-bond donors (Lipinski definition) is 1. The standard InChI is InChI=1S/C27H37N3O2/c1-3-4-5-6-7-8-11-20-30-25-13-10-9-12-24(25)29-26(30)18-19-28-27(31)21-22-14-16-23(32-2)17-15-22/h9-10,12-17H,3-8,11,18-21H2,1-2H3,(H,28,31). The first kappa shape index (κ1) is 23.8. The van der Waals surface area contributed by atoms with Gasteiger partial charge in [0.1, 0.15) is 11.6 Å². The van der Waals surface area contributed by atoms with Crippen molar-refractivity contribution in [1.82, 2.24) is 14.9 Å². The van der Waals surface area contributed by atoms with Crippen molar-refractivity contribution in [1.29, 1.82) is 0 Å². The van der Waals surface area contributed by atoms with E-state index < -0.39 is 0 Å². The van der Waals surface area contributed by atoms with E-state index in [1.165, 1.54) is 50.5 Å². The number of para-hydroxylation sites is 2. The largest absolute Gasteiger partial charge is 0.497 e. The number of ether oxygens (including phenoxy) is 1. The second kappa shape index (κ2) is 12.9. The maximum atomic E-state index is 12.4. The number of carbonyl (C=O) groups is 1. The highest BCUT2D eigenvalue weighted by molar-refractivity contribution is 5.78. The van der Waals surface area contributed by atoms with Crippen molar-refractivity contribution in [2.24, 2.45) is 0 Å². The molecule has 1 heterocycles. The quantitative estimate of drug-likeness (QED) is 0.331. The lowest BCUT2D eigenvalue weighted by Gasteiger charge is -2.10. The summed E-state index contributed by atoms with van der Waals surface area (Å²) in [6.45, 7) is 3.84. The fourth-order valence-corrected chi connectivity index (χ4v) is 4.10. The van der Waals surface area contributed by atoms with Crippen LogP contribution in [0.4, 0.5) is 0 Å². The Kier molecular flexibility index (Phi) is 9.60. The number of nitrogens with zero attached hydrogens (tertiary/aromatic N) is 2. The van der Waals surface area contributed by atoms with Crippen molar-refractivity contribution < 1.29 is 9.53 Å². The number of imidazole rings is 1. The minimum Gasteiger partial charge on any atom is -0.497 e. The van der Waals surface area contributed by atoms with Crippen molar-refractivity contribution >= 4 is 16.9 Å². The van der Waals surface area contributed by atoms with Crippen molar-refractivity contribution in [3.63, 3.8) is 0 Å². The van der Waals surface area contributed by atoms with Crippen molar-refractivity contribution in [3.8, 4) is 5.75 Å². The molecule has 0 radical (unpaired) electrons. The Morgan fingerprint density at radius 3 is 2.44 bits per heavy atom. The molecule has 1 amide bonds. The Bertz CT molecular complexity index is 963. The van der Waals surface area contributed by atoms with Crippen LogP contribution in [0.2, 0.25) is 0 Å². The molecule has 172 valence electrons. The van der Waals surface area contributed by atoms with Crippen molar-refractivity contribution in [3.05, 3.63) is 59.9 Å². The highest BCUT2D eigenvalue weighted by atomic mass is 16.5. The molecule has 0 spiro atoms. The molecule has 32 heavy (non-hydrogen) atoms. The van der Waals surface area contributed by atoms with Gasteiger partial charge in [0.2, 0.25) is 5.91 Å². The number of hydrogen-bond acceptors (Lipinski definition) is 3. The summed E-state index contributed by atoms with van der Waals surface area (Å²) in [5.41, 5.74) is 3.21. The van der Waals surface area contributed by atoms with Crippen LogP contribution in [0.15, 0.2) is 48.5 Å². The van der Waals surface area contributed by atoms with Gasteiger partial charge in [-0.05, 0) is 36.2 Å². The first-order valence-corrected chi connectivity index (χ1v) is 12.0. The summed E-state index contributed by atoms with van der Waals surface area (Å²) in [6, 6.07) is 16.0. The Morgan fingerprint density at radius 2 is 1.69 bits per heavy atom. The number of aromatic nitrogens is 2. The number of aryl methyl sites for hydroxylation is 1. The smallest absolute Gasteiger partial charge is 0.224 e. The van der Waals surface area contributed by atoms with Gasteiger partial charge in [-0.3, -0.25) is 4.79 Å². The van der Waals surface area contributed by atoms with Gasteiger partial charge in [0.15, 0.2) is 0 Å². The minimum absolute atomic E-state index is 0.0323. The number of methoxy groups -OCH3 is 1. The van der Waals surface area contributed by atoms with E-state index in [2.05, 4.69) is 35.0 Å². The highest BCUT2D eigenvalue weighted by Crippen LogP contribution is 2.18. The number of amides is 1. The van der Waals surface area contributed by atoms with E-state index in [0.717, 1.165) is 35.6 Å². The lowest BCUT2D eigenvalue weighted by atomic mass is 10.1. The molecule has 0 fully saturated rings. The summed E-state index contributed by atoms with van der Waals surface area (Å²) in [5.74, 6) is 1.89. The topological polar surface area (TPSA) is 56.2 Å². The van der Waals surface area contributed by atoms with E-state index in [4.69, 9.17) is 9.72 Å². The molecular formula is C27H37N3O2. The molecule has 2 aromatic carbocycles. The monoisotopic (exact) mass is 435 g/mol. The van der Waals surface area contributed by atoms with Crippen LogP contribution in [0.25, 0.3) is 11.0 Å². The van der Waals surface area contributed by atoms with Gasteiger partial charge in [-0.2, -0.15) is 0 Å². The van der Waals surface area contributed by atoms with Gasteiger partial charge in [0.25, 0.3) is 0 Å². The summed E-state index contributed by atoms with van der Waals surface area (Å²) < 4.78 is 7.52. The molecule has 0 aliphatic carbocycles. The molecule has 0 unspecified atom stereocenters. The molecule has 0 saturated carbocycles. The fraction of sp³-hybridized carbons (Fsp3) is 0.481. The Hall–Kier alpha value is -2.82. The lowest BCUT2D eigenvalue weighted by molar-refractivity contribution is -0.120. The van der Waals surface area contributed by atoms with E-state index in [9.17, 15) is 4.79 Å². The number of benzene rings is 2. The first-order chi connectivity index (χ1) is 15.7. The molecular weight excluding hydrogens is 398 g/mol. The Labute approximate surface area is 192 Å². The number of rotatable bonds is 14. The molecule has 0 aliphatic heterocycles. The van der Waals surface area contributed by atoms with Gasteiger partial charge >= 0.3 is 0 Å². The van der Waals surface area contributed by atoms with Crippen LogP contribution in [0.5, 0.6) is 5.75 Å². The summed E-state index contributed by atoms with van der Waals surface area (Å²) in [4.78, 5) is 17.2. The van der Waals surface area contributed by atoms with Crippen LogP contribution in [0, 0.1) is 0 Å². The SMILES string of the molecule is CCCCCCCCCn1c(CCNC(=O)Cc2ccc(OC)cc2)nc2ccccc21. The van der Waals surface area contributed by atoms with Gasteiger partial charge in [-0.25, -0.2) is 4.98 Å². The first-order valence-electron chi connectivity index (χ1n) is 12.0. The van der Waals surface area contributed by atoms with Gasteiger partial charge in [-0.1, -0.05) is 69.7 Å². The number of nitrogens with one attached hydrogen (secondary N) is 1.